The fourth-order valence-corrected chi connectivity index (χ4v) is 1.65. The maximum atomic E-state index is 5.81. The summed E-state index contributed by atoms with van der Waals surface area (Å²) in [5, 5.41) is 4.04. The van der Waals surface area contributed by atoms with Gasteiger partial charge in [0.2, 0.25) is 5.88 Å². The van der Waals surface area contributed by atoms with E-state index in [1.807, 2.05) is 12.1 Å². The lowest BCUT2D eigenvalue weighted by molar-refractivity contribution is 0.421. The van der Waals surface area contributed by atoms with E-state index in [9.17, 15) is 0 Å². The molecule has 4 heteroatoms. The van der Waals surface area contributed by atoms with Gasteiger partial charge in [-0.15, -0.1) is 0 Å². The van der Waals surface area contributed by atoms with E-state index < -0.39 is 0 Å². The van der Waals surface area contributed by atoms with Crippen LogP contribution >= 0.6 is 0 Å². The van der Waals surface area contributed by atoms with Crippen molar-refractivity contribution in [2.75, 3.05) is 5.73 Å². The van der Waals surface area contributed by atoms with Crippen LogP contribution in [0.1, 0.15) is 31.9 Å². The fraction of sp³-hybridized carbons (Fsp3) is 0.333. The molecule has 4 nitrogen and oxygen atoms in total. The predicted octanol–water partition coefficient (Wildman–Crippen LogP) is 2.83. The number of nitrogens with zero attached hydrogens (tertiary/aromatic N) is 2. The third-order valence-electron chi connectivity index (χ3n) is 2.77. The van der Waals surface area contributed by atoms with Crippen molar-refractivity contribution >= 4 is 5.88 Å². The van der Waals surface area contributed by atoms with Gasteiger partial charge in [-0.2, -0.15) is 0 Å². The largest absolute Gasteiger partial charge is 0.367 e. The summed E-state index contributed by atoms with van der Waals surface area (Å²) in [5.41, 5.74) is 8.55. The molecule has 0 saturated heterocycles. The molecule has 2 N–H and O–H groups in total. The second-order valence-electron chi connectivity index (χ2n) is 3.86. The van der Waals surface area contributed by atoms with Crippen LogP contribution in [0.4, 0.5) is 5.88 Å². The molecule has 0 fully saturated rings. The Bertz CT molecular complexity index is 464. The van der Waals surface area contributed by atoms with Crippen molar-refractivity contribution < 1.29 is 4.52 Å². The molecule has 0 radical (unpaired) electrons. The summed E-state index contributed by atoms with van der Waals surface area (Å²) in [6, 6.07) is 3.84. The molecular formula is C12H15N3O. The maximum Gasteiger partial charge on any atom is 0.230 e. The van der Waals surface area contributed by atoms with E-state index in [1.54, 1.807) is 12.4 Å². The zero-order valence-corrected chi connectivity index (χ0v) is 9.47. The zero-order chi connectivity index (χ0) is 11.5. The van der Waals surface area contributed by atoms with Crippen molar-refractivity contribution in [2.24, 2.45) is 0 Å². The molecule has 0 bridgehead atoms. The smallest absolute Gasteiger partial charge is 0.230 e. The predicted molar refractivity (Wildman–Crippen MR) is 62.9 cm³/mol. The molecule has 0 spiro atoms. The number of hydrogen-bond acceptors (Lipinski definition) is 4. The first-order valence-corrected chi connectivity index (χ1v) is 5.39. The first-order chi connectivity index (χ1) is 7.74. The van der Waals surface area contributed by atoms with Crippen LogP contribution in [0.3, 0.4) is 0 Å². The van der Waals surface area contributed by atoms with Crippen molar-refractivity contribution in [1.29, 1.82) is 0 Å². The summed E-state index contributed by atoms with van der Waals surface area (Å²) in [4.78, 5) is 4.08. The Morgan fingerprint density at radius 3 is 2.94 bits per heavy atom. The highest BCUT2D eigenvalue weighted by atomic mass is 16.5. The van der Waals surface area contributed by atoms with Gasteiger partial charge in [0.05, 0.1) is 11.3 Å². The molecule has 84 valence electrons. The summed E-state index contributed by atoms with van der Waals surface area (Å²) < 4.78 is 5.07. The molecule has 2 rings (SSSR count). The Hall–Kier alpha value is -1.84. The van der Waals surface area contributed by atoms with Crippen LogP contribution in [0.2, 0.25) is 0 Å². The van der Waals surface area contributed by atoms with Crippen LogP contribution in [0.5, 0.6) is 0 Å². The van der Waals surface area contributed by atoms with Crippen molar-refractivity contribution in [1.82, 2.24) is 10.1 Å². The van der Waals surface area contributed by atoms with E-state index in [1.165, 1.54) is 0 Å². The number of hydrogen-bond donors (Lipinski definition) is 1. The van der Waals surface area contributed by atoms with E-state index >= 15 is 0 Å². The fourth-order valence-electron chi connectivity index (χ4n) is 1.65. The number of pyridine rings is 1. The van der Waals surface area contributed by atoms with Gasteiger partial charge in [0, 0.05) is 23.9 Å². The normalized spacial score (nSPS) is 12.6. The molecule has 0 aromatic carbocycles. The Labute approximate surface area is 94.5 Å². The molecule has 2 aromatic rings. The van der Waals surface area contributed by atoms with Gasteiger partial charge in [-0.25, -0.2) is 0 Å². The van der Waals surface area contributed by atoms with E-state index in [4.69, 9.17) is 10.3 Å². The third kappa shape index (κ3) is 1.78. The molecular weight excluding hydrogens is 202 g/mol. The minimum atomic E-state index is 0.330. The number of rotatable bonds is 3. The van der Waals surface area contributed by atoms with Crippen LogP contribution in [-0.2, 0) is 0 Å². The van der Waals surface area contributed by atoms with Crippen LogP contribution < -0.4 is 5.73 Å². The molecule has 0 amide bonds. The number of nitrogen functional groups attached to an aromatic ring is 1. The summed E-state index contributed by atoms with van der Waals surface area (Å²) in [6.45, 7) is 4.22. The second-order valence-corrected chi connectivity index (χ2v) is 3.86. The highest BCUT2D eigenvalue weighted by Crippen LogP contribution is 2.34. The van der Waals surface area contributed by atoms with Gasteiger partial charge in [0.15, 0.2) is 0 Å². The van der Waals surface area contributed by atoms with Crippen molar-refractivity contribution in [3.8, 4) is 11.1 Å². The standard InChI is InChI=1S/C12H15N3O/c1-3-8(2)11-10(12(13)16-15-11)9-5-4-6-14-7-9/h4-8H,3,13H2,1-2H3. The lowest BCUT2D eigenvalue weighted by Crippen LogP contribution is -1.95. The van der Waals surface area contributed by atoms with Crippen LogP contribution in [0, 0.1) is 0 Å². The zero-order valence-electron chi connectivity index (χ0n) is 9.47. The van der Waals surface area contributed by atoms with Crippen LogP contribution in [0.25, 0.3) is 11.1 Å². The first kappa shape index (κ1) is 10.7. The molecule has 2 heterocycles. The number of nitrogens with two attached hydrogens (primary N) is 1. The lowest BCUT2D eigenvalue weighted by Gasteiger charge is -2.06. The summed E-state index contributed by atoms with van der Waals surface area (Å²) in [5.74, 6) is 0.694. The third-order valence-corrected chi connectivity index (χ3v) is 2.77. The van der Waals surface area contributed by atoms with Gasteiger partial charge < -0.3 is 10.3 Å². The maximum absolute atomic E-state index is 5.81. The average molecular weight is 217 g/mol. The molecule has 0 aliphatic carbocycles. The first-order valence-electron chi connectivity index (χ1n) is 5.39. The van der Waals surface area contributed by atoms with E-state index in [2.05, 4.69) is 24.0 Å². The molecule has 0 aliphatic heterocycles. The van der Waals surface area contributed by atoms with E-state index in [0.717, 1.165) is 23.2 Å². The van der Waals surface area contributed by atoms with Crippen LogP contribution in [0.15, 0.2) is 29.0 Å². The van der Waals surface area contributed by atoms with Gasteiger partial charge in [-0.05, 0) is 12.5 Å². The number of aromatic nitrogens is 2. The van der Waals surface area contributed by atoms with Gasteiger partial charge in [0.1, 0.15) is 0 Å². The molecule has 2 aromatic heterocycles. The molecule has 0 aliphatic rings. The average Bonchev–Trinajstić information content (AvgIpc) is 2.71. The van der Waals surface area contributed by atoms with Gasteiger partial charge in [-0.3, -0.25) is 4.98 Å². The van der Waals surface area contributed by atoms with E-state index in [0.29, 0.717) is 11.8 Å². The van der Waals surface area contributed by atoms with E-state index in [-0.39, 0.29) is 0 Å². The Morgan fingerprint density at radius 1 is 1.50 bits per heavy atom. The molecule has 0 saturated carbocycles. The van der Waals surface area contributed by atoms with Gasteiger partial charge in [0.25, 0.3) is 0 Å². The van der Waals surface area contributed by atoms with Crippen molar-refractivity contribution in [3.63, 3.8) is 0 Å². The monoisotopic (exact) mass is 217 g/mol. The topological polar surface area (TPSA) is 64.9 Å². The minimum Gasteiger partial charge on any atom is -0.367 e. The van der Waals surface area contributed by atoms with Gasteiger partial charge in [-0.1, -0.05) is 25.1 Å². The Balaban J connectivity index is 2.52. The summed E-state index contributed by atoms with van der Waals surface area (Å²) in [6.07, 6.45) is 4.50. The van der Waals surface area contributed by atoms with Crippen LogP contribution in [-0.4, -0.2) is 10.1 Å². The number of anilines is 1. The molecule has 16 heavy (non-hydrogen) atoms. The summed E-state index contributed by atoms with van der Waals surface area (Å²) >= 11 is 0. The lowest BCUT2D eigenvalue weighted by atomic mass is 9.97. The minimum absolute atomic E-state index is 0.330. The van der Waals surface area contributed by atoms with Crippen molar-refractivity contribution in [3.05, 3.63) is 30.2 Å². The quantitative estimate of drug-likeness (QED) is 0.858. The Morgan fingerprint density at radius 2 is 2.31 bits per heavy atom. The SMILES string of the molecule is CCC(C)c1noc(N)c1-c1cccnc1. The highest BCUT2D eigenvalue weighted by Gasteiger charge is 2.19. The molecule has 1 atom stereocenters. The Kier molecular flexibility index (Phi) is 2.90. The van der Waals surface area contributed by atoms with Crippen molar-refractivity contribution in [2.45, 2.75) is 26.2 Å². The highest BCUT2D eigenvalue weighted by molar-refractivity contribution is 5.74. The summed E-state index contributed by atoms with van der Waals surface area (Å²) in [7, 11) is 0. The molecule has 1 unspecified atom stereocenters. The second kappa shape index (κ2) is 4.35. The van der Waals surface area contributed by atoms with Gasteiger partial charge >= 0.3 is 0 Å².